The van der Waals surface area contributed by atoms with Gasteiger partial charge in [0.05, 0.1) is 19.6 Å². The van der Waals surface area contributed by atoms with Crippen LogP contribution in [0, 0.1) is 0 Å². The van der Waals surface area contributed by atoms with E-state index in [0.717, 1.165) is 11.1 Å². The van der Waals surface area contributed by atoms with Crippen molar-refractivity contribution in [1.29, 1.82) is 0 Å². The molecule has 0 aliphatic heterocycles. The van der Waals surface area contributed by atoms with Crippen LogP contribution in [0.15, 0.2) is 165 Å². The monoisotopic (exact) mass is 648 g/mol. The van der Waals surface area contributed by atoms with E-state index in [1.54, 1.807) is 97.1 Å². The smallest absolute Gasteiger partial charge is 0.206 e. The first-order chi connectivity index (χ1) is 22.1. The second-order valence-corrected chi connectivity index (χ2v) is 14.2. The molecule has 4 N–H and O–H groups in total. The van der Waals surface area contributed by atoms with Gasteiger partial charge in [-0.2, -0.15) is 0 Å². The van der Waals surface area contributed by atoms with E-state index >= 15 is 0 Å². The van der Waals surface area contributed by atoms with E-state index in [-0.39, 0.29) is 19.6 Å². The lowest BCUT2D eigenvalue weighted by molar-refractivity contribution is 0.482. The van der Waals surface area contributed by atoms with Crippen molar-refractivity contribution in [3.05, 3.63) is 146 Å². The Hall–Kier alpha value is -5.58. The highest BCUT2D eigenvalue weighted by Gasteiger charge is 2.20. The number of hydrogen-bond acceptors (Lipinski definition) is 8. The molecule has 6 aromatic rings. The first-order valence-corrected chi connectivity index (χ1v) is 17.0. The Morgan fingerprint density at radius 1 is 0.370 bits per heavy atom. The lowest BCUT2D eigenvalue weighted by Crippen LogP contribution is -2.02. The van der Waals surface area contributed by atoms with Crippen molar-refractivity contribution in [3.8, 4) is 34.1 Å². The van der Waals surface area contributed by atoms with Crippen LogP contribution in [-0.2, 0) is 19.7 Å². The number of nitrogen functional groups attached to an aromatic ring is 2. The predicted molar refractivity (Wildman–Crippen MR) is 178 cm³/mol. The van der Waals surface area contributed by atoms with Gasteiger partial charge in [0.25, 0.3) is 0 Å². The van der Waals surface area contributed by atoms with Crippen molar-refractivity contribution in [3.63, 3.8) is 0 Å². The molecule has 6 aromatic carbocycles. The van der Waals surface area contributed by atoms with Crippen molar-refractivity contribution in [2.24, 2.45) is 0 Å². The standard InChI is InChI=1S/C36H28N2O6S2/c37-27-3-1-5-31(23-27)43-29-11-19-35(20-12-29)45(39,40)33-15-7-25(8-16-33)26-9-17-34(18-10-26)46(41,42)36-21-13-30(14-22-36)44-32-6-2-4-28(38)24-32/h1-24H,37-38H2. The topological polar surface area (TPSA) is 139 Å². The van der Waals surface area contributed by atoms with Crippen LogP contribution >= 0.6 is 0 Å². The van der Waals surface area contributed by atoms with Gasteiger partial charge in [-0.15, -0.1) is 0 Å². The van der Waals surface area contributed by atoms with Crippen LogP contribution in [0.5, 0.6) is 23.0 Å². The SMILES string of the molecule is Nc1cccc(Oc2ccc(S(=O)(=O)c3ccc(-c4ccc(S(=O)(=O)c5ccc(Oc6cccc(N)c6)cc5)cc4)cc3)cc2)c1. The summed E-state index contributed by atoms with van der Waals surface area (Å²) in [5.41, 5.74) is 14.2. The van der Waals surface area contributed by atoms with Crippen molar-refractivity contribution in [2.45, 2.75) is 19.6 Å². The third-order valence-corrected chi connectivity index (χ3v) is 10.7. The molecule has 0 heterocycles. The Morgan fingerprint density at radius 2 is 0.674 bits per heavy atom. The average molecular weight is 649 g/mol. The fourth-order valence-electron chi connectivity index (χ4n) is 4.73. The minimum Gasteiger partial charge on any atom is -0.457 e. The second-order valence-electron chi connectivity index (χ2n) is 10.3. The van der Waals surface area contributed by atoms with E-state index < -0.39 is 19.7 Å². The Labute approximate surface area is 267 Å². The summed E-state index contributed by atoms with van der Waals surface area (Å²) in [4.78, 5) is 0.504. The van der Waals surface area contributed by atoms with Crippen molar-refractivity contribution in [1.82, 2.24) is 0 Å². The third-order valence-electron chi connectivity index (χ3n) is 7.12. The molecule has 6 rings (SSSR count). The first kappa shape index (κ1) is 30.4. The Kier molecular flexibility index (Phi) is 8.23. The second kappa shape index (κ2) is 12.4. The molecule has 8 nitrogen and oxygen atoms in total. The maximum Gasteiger partial charge on any atom is 0.206 e. The number of benzene rings is 6. The van der Waals surface area contributed by atoms with Gasteiger partial charge in [-0.05, 0) is 108 Å². The quantitative estimate of drug-likeness (QED) is 0.152. The fraction of sp³-hybridized carbons (Fsp3) is 0. The van der Waals surface area contributed by atoms with Gasteiger partial charge >= 0.3 is 0 Å². The third kappa shape index (κ3) is 6.58. The largest absolute Gasteiger partial charge is 0.457 e. The fourth-order valence-corrected chi connectivity index (χ4v) is 7.25. The molecule has 0 bridgehead atoms. The zero-order chi connectivity index (χ0) is 32.3. The molecule has 0 aliphatic carbocycles. The summed E-state index contributed by atoms with van der Waals surface area (Å²) in [6.45, 7) is 0. The van der Waals surface area contributed by atoms with Crippen LogP contribution in [0.25, 0.3) is 11.1 Å². The minimum atomic E-state index is -3.78. The summed E-state index contributed by atoms with van der Waals surface area (Å²) in [6, 6.07) is 39.1. The van der Waals surface area contributed by atoms with Crippen LogP contribution in [0.1, 0.15) is 0 Å². The molecule has 0 saturated heterocycles. The minimum absolute atomic E-state index is 0.124. The number of nitrogens with two attached hydrogens (primary N) is 2. The number of sulfone groups is 2. The van der Waals surface area contributed by atoms with Crippen molar-refractivity contribution in [2.75, 3.05) is 11.5 Å². The summed E-state index contributed by atoms with van der Waals surface area (Å²) in [5.74, 6) is 2.05. The lowest BCUT2D eigenvalue weighted by atomic mass is 10.1. The molecule has 0 amide bonds. The maximum absolute atomic E-state index is 13.3. The summed E-state index contributed by atoms with van der Waals surface area (Å²) >= 11 is 0. The molecular formula is C36H28N2O6S2. The van der Waals surface area contributed by atoms with E-state index in [0.29, 0.717) is 34.4 Å². The molecule has 0 spiro atoms. The molecule has 10 heteroatoms. The number of anilines is 2. The van der Waals surface area contributed by atoms with Crippen LogP contribution < -0.4 is 20.9 Å². The molecule has 0 radical (unpaired) electrons. The molecule has 230 valence electrons. The van der Waals surface area contributed by atoms with Crippen LogP contribution in [-0.4, -0.2) is 16.8 Å². The normalized spacial score (nSPS) is 11.6. The van der Waals surface area contributed by atoms with E-state index in [4.69, 9.17) is 20.9 Å². The summed E-state index contributed by atoms with van der Waals surface area (Å²) in [7, 11) is -7.57. The molecule has 0 aliphatic rings. The molecule has 0 aromatic heterocycles. The summed E-state index contributed by atoms with van der Waals surface area (Å²) in [6.07, 6.45) is 0. The highest BCUT2D eigenvalue weighted by atomic mass is 32.2. The van der Waals surface area contributed by atoms with Gasteiger partial charge < -0.3 is 20.9 Å². The average Bonchev–Trinajstić information content (AvgIpc) is 3.05. The van der Waals surface area contributed by atoms with Gasteiger partial charge in [0.15, 0.2) is 0 Å². The lowest BCUT2D eigenvalue weighted by Gasteiger charge is -2.10. The molecule has 0 atom stereocenters. The van der Waals surface area contributed by atoms with Crippen LogP contribution in [0.3, 0.4) is 0 Å². The zero-order valence-electron chi connectivity index (χ0n) is 24.3. The molecular weight excluding hydrogens is 621 g/mol. The first-order valence-electron chi connectivity index (χ1n) is 14.1. The van der Waals surface area contributed by atoms with Gasteiger partial charge in [-0.1, -0.05) is 36.4 Å². The van der Waals surface area contributed by atoms with Gasteiger partial charge in [-0.25, -0.2) is 16.8 Å². The highest BCUT2D eigenvalue weighted by molar-refractivity contribution is 7.91. The number of rotatable bonds is 9. The Morgan fingerprint density at radius 3 is 0.978 bits per heavy atom. The highest BCUT2D eigenvalue weighted by Crippen LogP contribution is 2.31. The molecule has 0 unspecified atom stereocenters. The van der Waals surface area contributed by atoms with Gasteiger partial charge in [0.2, 0.25) is 19.7 Å². The molecule has 46 heavy (non-hydrogen) atoms. The van der Waals surface area contributed by atoms with E-state index in [1.807, 2.05) is 0 Å². The summed E-state index contributed by atoms with van der Waals surface area (Å²) < 4.78 is 64.6. The van der Waals surface area contributed by atoms with Gasteiger partial charge in [0, 0.05) is 23.5 Å². The predicted octanol–water partition coefficient (Wildman–Crippen LogP) is 7.77. The number of hydrogen-bond donors (Lipinski definition) is 2. The zero-order valence-corrected chi connectivity index (χ0v) is 25.9. The van der Waals surface area contributed by atoms with Crippen LogP contribution in [0.2, 0.25) is 0 Å². The van der Waals surface area contributed by atoms with Crippen molar-refractivity contribution >= 4 is 31.0 Å². The Bertz CT molecular complexity index is 2060. The Balaban J connectivity index is 1.14. The van der Waals surface area contributed by atoms with Crippen molar-refractivity contribution < 1.29 is 26.3 Å². The molecule has 0 fully saturated rings. The van der Waals surface area contributed by atoms with E-state index in [1.165, 1.54) is 48.5 Å². The summed E-state index contributed by atoms with van der Waals surface area (Å²) in [5, 5.41) is 0. The maximum atomic E-state index is 13.3. The molecule has 0 saturated carbocycles. The van der Waals surface area contributed by atoms with Crippen LogP contribution in [0.4, 0.5) is 11.4 Å². The van der Waals surface area contributed by atoms with Gasteiger partial charge in [0.1, 0.15) is 23.0 Å². The van der Waals surface area contributed by atoms with E-state index in [9.17, 15) is 16.8 Å². The number of ether oxygens (including phenoxy) is 2. The van der Waals surface area contributed by atoms with E-state index in [2.05, 4.69) is 0 Å². The van der Waals surface area contributed by atoms with Gasteiger partial charge in [-0.3, -0.25) is 0 Å².